The zero-order valence-corrected chi connectivity index (χ0v) is 28.0. The fourth-order valence-electron chi connectivity index (χ4n) is 5.61. The molecule has 0 saturated heterocycles. The van der Waals surface area contributed by atoms with Crippen molar-refractivity contribution in [3.05, 3.63) is 75.1 Å². The SMILES string of the molecule is CCCCCCCCCCCC(=O)N(CCc1cccc(F)c1)[C@@H]1CC(C(=O)NCCO)=C[C@H](Oc2ccccc2I)[C@H]1O. The Balaban J connectivity index is 1.77. The molecule has 0 heterocycles. The molecular weight excluding hydrogens is 674 g/mol. The summed E-state index contributed by atoms with van der Waals surface area (Å²) in [5, 5.41) is 23.6. The summed E-state index contributed by atoms with van der Waals surface area (Å²) in [7, 11) is 0. The molecule has 3 atom stereocenters. The summed E-state index contributed by atoms with van der Waals surface area (Å²) >= 11 is 2.16. The summed E-state index contributed by atoms with van der Waals surface area (Å²) in [5.41, 5.74) is 1.13. The van der Waals surface area contributed by atoms with Gasteiger partial charge in [-0.1, -0.05) is 82.6 Å². The smallest absolute Gasteiger partial charge is 0.247 e. The van der Waals surface area contributed by atoms with E-state index in [0.29, 0.717) is 24.2 Å². The second-order valence-electron chi connectivity index (χ2n) is 11.5. The Morgan fingerprint density at radius 3 is 2.41 bits per heavy atom. The van der Waals surface area contributed by atoms with Crippen molar-refractivity contribution in [2.45, 2.75) is 102 Å². The molecule has 1 aliphatic carbocycles. The van der Waals surface area contributed by atoms with Gasteiger partial charge in [0.25, 0.3) is 0 Å². The van der Waals surface area contributed by atoms with E-state index in [1.54, 1.807) is 23.1 Å². The van der Waals surface area contributed by atoms with Crippen LogP contribution in [0.25, 0.3) is 0 Å². The van der Waals surface area contributed by atoms with E-state index in [1.807, 2.05) is 24.3 Å². The molecule has 0 saturated carbocycles. The van der Waals surface area contributed by atoms with Crippen molar-refractivity contribution in [1.29, 1.82) is 0 Å². The predicted octanol–water partition coefficient (Wildman–Crippen LogP) is 6.34. The van der Waals surface area contributed by atoms with Crippen LogP contribution in [0.5, 0.6) is 5.75 Å². The highest BCUT2D eigenvalue weighted by molar-refractivity contribution is 14.1. The maximum absolute atomic E-state index is 13.9. The van der Waals surface area contributed by atoms with E-state index in [4.69, 9.17) is 4.74 Å². The quantitative estimate of drug-likeness (QED) is 0.116. The Morgan fingerprint density at radius 2 is 1.73 bits per heavy atom. The van der Waals surface area contributed by atoms with Crippen LogP contribution in [0, 0.1) is 9.39 Å². The van der Waals surface area contributed by atoms with Crippen molar-refractivity contribution in [3.8, 4) is 5.75 Å². The zero-order valence-electron chi connectivity index (χ0n) is 25.9. The fourth-order valence-corrected chi connectivity index (χ4v) is 6.13. The summed E-state index contributed by atoms with van der Waals surface area (Å²) in [6, 6.07) is 13.0. The van der Waals surface area contributed by atoms with Crippen molar-refractivity contribution >= 4 is 34.4 Å². The molecule has 3 rings (SSSR count). The van der Waals surface area contributed by atoms with Gasteiger partial charge in [-0.3, -0.25) is 9.59 Å². The number of amides is 2. The molecule has 0 unspecified atom stereocenters. The van der Waals surface area contributed by atoms with Crippen LogP contribution in [0.15, 0.2) is 60.2 Å². The average Bonchev–Trinajstić information content (AvgIpc) is 3.01. The summed E-state index contributed by atoms with van der Waals surface area (Å²) in [6.07, 6.45) is 10.7. The number of ether oxygens (including phenoxy) is 1. The Kier molecular flexibility index (Phi) is 16.2. The van der Waals surface area contributed by atoms with Crippen LogP contribution < -0.4 is 10.1 Å². The number of aliphatic hydroxyl groups is 2. The maximum Gasteiger partial charge on any atom is 0.247 e. The Hall–Kier alpha value is -2.50. The first-order chi connectivity index (χ1) is 21.3. The highest BCUT2D eigenvalue weighted by Crippen LogP contribution is 2.30. The number of halogens is 2. The number of carbonyl (C=O) groups excluding carboxylic acids is 2. The first-order valence-corrected chi connectivity index (χ1v) is 17.1. The second kappa shape index (κ2) is 19.8. The number of benzene rings is 2. The number of aliphatic hydroxyl groups excluding tert-OH is 2. The number of unbranched alkanes of at least 4 members (excludes halogenated alkanes) is 8. The molecule has 7 nitrogen and oxygen atoms in total. The number of para-hydroxylation sites is 1. The zero-order chi connectivity index (χ0) is 31.7. The van der Waals surface area contributed by atoms with Gasteiger partial charge in [-0.25, -0.2) is 4.39 Å². The molecule has 44 heavy (non-hydrogen) atoms. The molecule has 1 aliphatic rings. The van der Waals surface area contributed by atoms with E-state index in [9.17, 15) is 24.2 Å². The fraction of sp³-hybridized carbons (Fsp3) is 0.543. The number of hydrogen-bond acceptors (Lipinski definition) is 5. The third kappa shape index (κ3) is 11.8. The van der Waals surface area contributed by atoms with Crippen molar-refractivity contribution in [1.82, 2.24) is 10.2 Å². The molecule has 2 aromatic carbocycles. The molecule has 2 amide bonds. The van der Waals surface area contributed by atoms with Crippen LogP contribution in [-0.4, -0.2) is 64.9 Å². The van der Waals surface area contributed by atoms with Gasteiger partial charge in [0.15, 0.2) is 0 Å². The normalized spacial score (nSPS) is 18.0. The van der Waals surface area contributed by atoms with Gasteiger partial charge in [-0.2, -0.15) is 0 Å². The van der Waals surface area contributed by atoms with E-state index in [1.165, 1.54) is 44.2 Å². The largest absolute Gasteiger partial charge is 0.482 e. The predicted molar refractivity (Wildman–Crippen MR) is 180 cm³/mol. The van der Waals surface area contributed by atoms with Crippen LogP contribution >= 0.6 is 22.6 Å². The van der Waals surface area contributed by atoms with Crippen LogP contribution in [0.1, 0.15) is 83.1 Å². The number of carbonyl (C=O) groups is 2. The van der Waals surface area contributed by atoms with Gasteiger partial charge in [0.2, 0.25) is 11.8 Å². The number of rotatable bonds is 19. The van der Waals surface area contributed by atoms with Gasteiger partial charge >= 0.3 is 0 Å². The minimum atomic E-state index is -1.10. The highest BCUT2D eigenvalue weighted by atomic mass is 127. The minimum absolute atomic E-state index is 0.0896. The van der Waals surface area contributed by atoms with Crippen LogP contribution in [0.4, 0.5) is 4.39 Å². The van der Waals surface area contributed by atoms with E-state index in [-0.39, 0.29) is 43.7 Å². The molecule has 0 aliphatic heterocycles. The van der Waals surface area contributed by atoms with Gasteiger partial charge < -0.3 is 25.2 Å². The molecular formula is C35H48FIN2O5. The summed E-state index contributed by atoms with van der Waals surface area (Å²) < 4.78 is 21.0. The lowest BCUT2D eigenvalue weighted by Gasteiger charge is -2.40. The van der Waals surface area contributed by atoms with Crippen LogP contribution in [-0.2, 0) is 16.0 Å². The van der Waals surface area contributed by atoms with Crippen LogP contribution in [0.2, 0.25) is 0 Å². The van der Waals surface area contributed by atoms with E-state index in [0.717, 1.165) is 34.8 Å². The molecule has 0 aromatic heterocycles. The monoisotopic (exact) mass is 722 g/mol. The molecule has 0 spiro atoms. The van der Waals surface area contributed by atoms with E-state index in [2.05, 4.69) is 34.8 Å². The Bertz CT molecular complexity index is 1210. The van der Waals surface area contributed by atoms with E-state index < -0.39 is 18.2 Å². The molecule has 0 radical (unpaired) electrons. The topological polar surface area (TPSA) is 99.1 Å². The van der Waals surface area contributed by atoms with Gasteiger partial charge in [0.1, 0.15) is 23.8 Å². The summed E-state index contributed by atoms with van der Waals surface area (Å²) in [5.74, 6) is -0.247. The Morgan fingerprint density at radius 1 is 1.02 bits per heavy atom. The molecule has 0 fully saturated rings. The van der Waals surface area contributed by atoms with Gasteiger partial charge in [0.05, 0.1) is 16.2 Å². The standard InChI is InChI=1S/C35H48FIN2O5/c1-2-3-4-5-6-7-8-9-10-18-33(41)39(21-19-26-14-13-15-28(36)23-26)30-24-27(35(43)38-20-22-40)25-32(34(30)42)44-31-17-12-11-16-29(31)37/h11-17,23,25,30,32,34,40,42H,2-10,18-22,24H2,1H3,(H,38,43)/t30-,32+,34+/m1/s1. The van der Waals surface area contributed by atoms with Crippen molar-refractivity contribution in [3.63, 3.8) is 0 Å². The maximum atomic E-state index is 13.9. The molecule has 3 N–H and O–H groups in total. The minimum Gasteiger partial charge on any atom is -0.482 e. The molecule has 9 heteroatoms. The molecule has 0 bridgehead atoms. The second-order valence-corrected chi connectivity index (χ2v) is 12.7. The third-order valence-corrected chi connectivity index (χ3v) is 8.95. The Labute approximate surface area is 275 Å². The first kappa shape index (κ1) is 36.0. The molecule has 242 valence electrons. The van der Waals surface area contributed by atoms with Crippen molar-refractivity contribution < 1.29 is 28.9 Å². The number of nitrogens with one attached hydrogen (secondary N) is 1. The van der Waals surface area contributed by atoms with Gasteiger partial charge in [-0.15, -0.1) is 0 Å². The number of hydrogen-bond donors (Lipinski definition) is 3. The lowest BCUT2D eigenvalue weighted by atomic mass is 9.87. The lowest BCUT2D eigenvalue weighted by Crippen LogP contribution is -2.55. The molecule has 2 aromatic rings. The van der Waals surface area contributed by atoms with Crippen molar-refractivity contribution in [2.75, 3.05) is 19.7 Å². The van der Waals surface area contributed by atoms with Gasteiger partial charge in [0, 0.05) is 31.5 Å². The lowest BCUT2D eigenvalue weighted by molar-refractivity contribution is -0.138. The van der Waals surface area contributed by atoms with Crippen LogP contribution in [0.3, 0.4) is 0 Å². The van der Waals surface area contributed by atoms with Gasteiger partial charge in [-0.05, 0) is 71.3 Å². The summed E-state index contributed by atoms with van der Waals surface area (Å²) in [6.45, 7) is 2.37. The van der Waals surface area contributed by atoms with E-state index >= 15 is 0 Å². The van der Waals surface area contributed by atoms with Crippen molar-refractivity contribution in [2.24, 2.45) is 0 Å². The summed E-state index contributed by atoms with van der Waals surface area (Å²) in [4.78, 5) is 28.5. The highest BCUT2D eigenvalue weighted by Gasteiger charge is 2.40. The third-order valence-electron chi connectivity index (χ3n) is 8.06. The average molecular weight is 723 g/mol. The number of nitrogens with zero attached hydrogens (tertiary/aromatic N) is 1. The first-order valence-electron chi connectivity index (χ1n) is 16.1.